The van der Waals surface area contributed by atoms with Gasteiger partial charge < -0.3 is 24.8 Å². The molecule has 0 bridgehead atoms. The summed E-state index contributed by atoms with van der Waals surface area (Å²) in [6.45, 7) is 31.5. The molecule has 2 aromatic carbocycles. The van der Waals surface area contributed by atoms with E-state index in [2.05, 4.69) is 139 Å². The van der Waals surface area contributed by atoms with Crippen molar-refractivity contribution in [1.29, 1.82) is 0 Å². The summed E-state index contributed by atoms with van der Waals surface area (Å²) in [7, 11) is 0. The number of rotatable bonds is 2. The zero-order valence-corrected chi connectivity index (χ0v) is 36.7. The van der Waals surface area contributed by atoms with Gasteiger partial charge in [-0.05, 0) is 0 Å². The Kier molecular flexibility index (Phi) is 10.1. The second-order valence-corrected chi connectivity index (χ2v) is 26.6. The van der Waals surface area contributed by atoms with Gasteiger partial charge in [-0.25, -0.2) is 0 Å². The van der Waals surface area contributed by atoms with Crippen molar-refractivity contribution in [2.45, 2.75) is 143 Å². The zero-order valence-electron chi connectivity index (χ0n) is 32.7. The molecule has 0 unspecified atom stereocenters. The first-order valence-corrected chi connectivity index (χ1v) is 22.5. The number of hydrogen-bond acceptors (Lipinski definition) is 0. The van der Waals surface area contributed by atoms with Crippen molar-refractivity contribution in [2.24, 2.45) is 16.2 Å². The first-order valence-electron chi connectivity index (χ1n) is 18.7. The van der Waals surface area contributed by atoms with Crippen LogP contribution in [-0.4, -0.2) is 3.21 Å². The third kappa shape index (κ3) is 6.52. The Bertz CT molecular complexity index is 1760. The molecular weight excluding hydrogens is 715 g/mol. The van der Waals surface area contributed by atoms with Crippen molar-refractivity contribution in [2.75, 3.05) is 0 Å². The number of halogens is 2. The molecule has 0 N–H and O–H groups in total. The third-order valence-electron chi connectivity index (χ3n) is 12.1. The van der Waals surface area contributed by atoms with E-state index in [0.29, 0.717) is 3.63 Å². The molecule has 0 atom stereocenters. The minimum atomic E-state index is -2.39. The average molecular weight is 775 g/mol. The van der Waals surface area contributed by atoms with Gasteiger partial charge in [-0.15, -0.1) is 0 Å². The van der Waals surface area contributed by atoms with Gasteiger partial charge in [-0.3, -0.25) is 0 Å². The topological polar surface area (TPSA) is 0 Å². The van der Waals surface area contributed by atoms with Gasteiger partial charge >= 0.3 is 297 Å². The van der Waals surface area contributed by atoms with Gasteiger partial charge in [0.2, 0.25) is 0 Å². The second-order valence-electron chi connectivity index (χ2n) is 19.8. The maximum absolute atomic E-state index is 2.75. The van der Waals surface area contributed by atoms with Gasteiger partial charge in [0.05, 0.1) is 0 Å². The van der Waals surface area contributed by atoms with E-state index < -0.39 is 21.3 Å². The molecule has 2 aromatic rings. The maximum atomic E-state index is 2.75. The Morgan fingerprint density at radius 3 is 1.43 bits per heavy atom. The van der Waals surface area contributed by atoms with Crippen LogP contribution >= 0.6 is 0 Å². The van der Waals surface area contributed by atoms with E-state index in [1.807, 2.05) is 6.49 Å². The van der Waals surface area contributed by atoms with Crippen LogP contribution in [0.4, 0.5) is 0 Å². The zero-order chi connectivity index (χ0) is 34.1. The Balaban J connectivity index is 0.00000234. The molecule has 0 radical (unpaired) electrons. The molecule has 5 aliphatic rings. The predicted molar refractivity (Wildman–Crippen MR) is 203 cm³/mol. The van der Waals surface area contributed by atoms with Crippen LogP contribution in [-0.2, 0) is 32.1 Å². The van der Waals surface area contributed by atoms with Crippen molar-refractivity contribution in [3.63, 3.8) is 0 Å². The fourth-order valence-corrected chi connectivity index (χ4v) is 19.0. The van der Waals surface area contributed by atoms with Crippen LogP contribution in [0.1, 0.15) is 166 Å². The molecule has 3 heteroatoms. The van der Waals surface area contributed by atoms with Crippen molar-refractivity contribution >= 4 is 14.4 Å². The molecule has 49 heavy (non-hydrogen) atoms. The molecule has 262 valence electrons. The Morgan fingerprint density at radius 2 is 1.04 bits per heavy atom. The van der Waals surface area contributed by atoms with E-state index in [9.17, 15) is 0 Å². The van der Waals surface area contributed by atoms with E-state index in [4.69, 9.17) is 0 Å². The Morgan fingerprint density at radius 1 is 0.592 bits per heavy atom. The first-order chi connectivity index (χ1) is 21.7. The van der Waals surface area contributed by atoms with Crippen molar-refractivity contribution in [1.82, 2.24) is 0 Å². The van der Waals surface area contributed by atoms with Gasteiger partial charge in [0, 0.05) is 0 Å². The van der Waals surface area contributed by atoms with Crippen LogP contribution in [0.15, 0.2) is 57.4 Å². The summed E-state index contributed by atoms with van der Waals surface area (Å²) < 4.78 is 4.44. The van der Waals surface area contributed by atoms with Gasteiger partial charge in [0.15, 0.2) is 0 Å². The summed E-state index contributed by atoms with van der Waals surface area (Å²) in [5, 5.41) is 0. The summed E-state index contributed by atoms with van der Waals surface area (Å²) in [5.41, 5.74) is 17.8. The maximum Gasteiger partial charge on any atom is -1.00 e. The summed E-state index contributed by atoms with van der Waals surface area (Å²) in [6.07, 6.45) is 18.7. The molecule has 0 spiro atoms. The molecule has 0 nitrogen and oxygen atoms in total. The SMILES string of the molecule is CC(C)(C)C1=CC[C]([Zr+2](=[C]2CCCCC2)[CH]2c3cc4c(cc3-c3cc5c(cc32)C(C)(C)C=C5C(C)(C)C)C(C(C)(C)C)=CC4(C)C)=C1.[Cl-].[Cl-]. The quantitative estimate of drug-likeness (QED) is 0.303. The fraction of sp³-hybridized carbons (Fsp3) is 0.543. The number of allylic oxidation sites excluding steroid dienone is 8. The third-order valence-corrected chi connectivity index (χ3v) is 20.7. The predicted octanol–water partition coefficient (Wildman–Crippen LogP) is 7.22. The molecular formula is C46H60Cl2Zr. The van der Waals surface area contributed by atoms with E-state index in [1.165, 1.54) is 60.8 Å². The molecule has 7 rings (SSSR count). The molecule has 1 saturated carbocycles. The molecule has 1 fully saturated rings. The molecule has 0 heterocycles. The van der Waals surface area contributed by atoms with Crippen LogP contribution in [0.5, 0.6) is 0 Å². The molecule has 0 aromatic heterocycles. The van der Waals surface area contributed by atoms with Gasteiger partial charge in [0.1, 0.15) is 0 Å². The van der Waals surface area contributed by atoms with Crippen LogP contribution in [0.25, 0.3) is 22.3 Å². The minimum absolute atomic E-state index is 0. The summed E-state index contributed by atoms with van der Waals surface area (Å²) in [6, 6.07) is 10.9. The summed E-state index contributed by atoms with van der Waals surface area (Å²) >= 11 is -2.39. The van der Waals surface area contributed by atoms with Crippen molar-refractivity contribution in [3.05, 3.63) is 90.8 Å². The first kappa shape index (κ1) is 39.0. The van der Waals surface area contributed by atoms with E-state index in [-0.39, 0.29) is 51.9 Å². The Hall–Kier alpha value is -1.27. The molecule has 5 aliphatic carbocycles. The molecule has 0 saturated heterocycles. The van der Waals surface area contributed by atoms with Gasteiger partial charge in [-0.1, -0.05) is 0 Å². The smallest absolute Gasteiger partial charge is 1.00 e. The normalized spacial score (nSPS) is 20.4. The van der Waals surface area contributed by atoms with Crippen LogP contribution in [0.3, 0.4) is 0 Å². The van der Waals surface area contributed by atoms with Gasteiger partial charge in [0.25, 0.3) is 0 Å². The fourth-order valence-electron chi connectivity index (χ4n) is 9.54. The Labute approximate surface area is 319 Å². The van der Waals surface area contributed by atoms with E-state index in [1.54, 1.807) is 39.0 Å². The molecule has 0 aliphatic heterocycles. The van der Waals surface area contributed by atoms with Crippen molar-refractivity contribution < 1.29 is 46.1 Å². The second kappa shape index (κ2) is 12.7. The molecule has 0 amide bonds. The van der Waals surface area contributed by atoms with E-state index >= 15 is 0 Å². The number of fused-ring (bicyclic) bond motifs is 5. The monoisotopic (exact) mass is 772 g/mol. The summed E-state index contributed by atoms with van der Waals surface area (Å²) in [5.74, 6) is 0. The van der Waals surface area contributed by atoms with E-state index in [0.717, 1.165) is 0 Å². The average Bonchev–Trinajstić information content (AvgIpc) is 3.69. The largest absolute Gasteiger partial charge is 1.00 e. The van der Waals surface area contributed by atoms with Gasteiger partial charge in [-0.2, -0.15) is 0 Å². The van der Waals surface area contributed by atoms with Crippen molar-refractivity contribution in [3.8, 4) is 11.1 Å². The minimum Gasteiger partial charge on any atom is -1.00 e. The number of hydrogen-bond donors (Lipinski definition) is 0. The van der Waals surface area contributed by atoms with Crippen LogP contribution < -0.4 is 24.8 Å². The standard InChI is InChI=1S/C31H37.C9H13.C6H10.2ClH.Zr/c1-28(2,3)26-16-30(7,8)24-12-18-11-19-13-25-23(15-21(19)20(18)14-22(24)26)27(29(4,5)6)17-31(25,9)10;1-9(2,3)8-6-4-5-7-8;1-2-4-6-5-3-1;;;/h11-17H,1-10H3;6-7H,4H2,1-3H3;1-5H2;2*1H;/q;;;;;+2/p-2. The van der Waals surface area contributed by atoms with Crippen LogP contribution in [0.2, 0.25) is 0 Å². The number of benzene rings is 2. The van der Waals surface area contributed by atoms with Crippen LogP contribution in [0, 0.1) is 16.2 Å². The summed E-state index contributed by atoms with van der Waals surface area (Å²) in [4.78, 5) is 0.